The van der Waals surface area contributed by atoms with E-state index in [0.29, 0.717) is 50.8 Å². The van der Waals surface area contributed by atoms with Crippen LogP contribution in [0.5, 0.6) is 11.5 Å². The summed E-state index contributed by atoms with van der Waals surface area (Å²) in [6, 6.07) is 3.05. The van der Waals surface area contributed by atoms with E-state index in [1.165, 1.54) is 12.1 Å². The first kappa shape index (κ1) is 26.9. The molecule has 3 N–H and O–H groups in total. The molecule has 0 aliphatic rings. The smallest absolute Gasteiger partial charge is 0.335 e. The topological polar surface area (TPSA) is 179 Å². The summed E-state index contributed by atoms with van der Waals surface area (Å²) in [5.74, 6) is -0.0577. The second-order valence-corrected chi connectivity index (χ2v) is 7.23. The lowest BCUT2D eigenvalue weighted by Crippen LogP contribution is -2.11. The molecule has 0 amide bonds. The lowest BCUT2D eigenvalue weighted by atomic mass is 10.1. The first-order valence-corrected chi connectivity index (χ1v) is 11.0. The number of ether oxygens (including phenoxy) is 2. The first-order valence-electron chi connectivity index (χ1n) is 11.0. The SMILES string of the molecule is [N-]=[N+]=NCCCCCCOc1cc(C(=O)O)cc(OCCCCCCN=[N+]=[N-])c1CCN. The zero-order valence-electron chi connectivity index (χ0n) is 18.5. The summed E-state index contributed by atoms with van der Waals surface area (Å²) in [5.41, 5.74) is 23.2. The average Bonchev–Trinajstić information content (AvgIpc) is 2.78. The molecule has 11 heteroatoms. The van der Waals surface area contributed by atoms with Gasteiger partial charge in [0.05, 0.1) is 18.8 Å². The number of nitrogens with two attached hydrogens (primary N) is 1. The Bertz CT molecular complexity index is 737. The van der Waals surface area contributed by atoms with Gasteiger partial charge >= 0.3 is 5.97 Å². The summed E-state index contributed by atoms with van der Waals surface area (Å²) >= 11 is 0. The van der Waals surface area contributed by atoms with Gasteiger partial charge in [-0.1, -0.05) is 35.9 Å². The molecule has 0 unspecified atom stereocenters. The van der Waals surface area contributed by atoms with Crippen LogP contribution in [0.3, 0.4) is 0 Å². The van der Waals surface area contributed by atoms with Crippen LogP contribution in [0.2, 0.25) is 0 Å². The fourth-order valence-electron chi connectivity index (χ4n) is 3.12. The Morgan fingerprint density at radius 3 is 1.75 bits per heavy atom. The molecule has 0 fully saturated rings. The molecule has 0 aliphatic carbocycles. The van der Waals surface area contributed by atoms with E-state index >= 15 is 0 Å². The Kier molecular flexibility index (Phi) is 14.7. The van der Waals surface area contributed by atoms with Crippen LogP contribution < -0.4 is 15.2 Å². The predicted molar refractivity (Wildman–Crippen MR) is 122 cm³/mol. The maximum Gasteiger partial charge on any atom is 0.335 e. The average molecular weight is 448 g/mol. The van der Waals surface area contributed by atoms with E-state index in [2.05, 4.69) is 20.1 Å². The molecule has 0 saturated heterocycles. The second kappa shape index (κ2) is 17.5. The summed E-state index contributed by atoms with van der Waals surface area (Å²) in [5, 5.41) is 16.5. The molecule has 0 aliphatic heterocycles. The number of hydrogen-bond donors (Lipinski definition) is 2. The number of unbranched alkanes of at least 4 members (excludes halogenated alkanes) is 6. The van der Waals surface area contributed by atoms with Crippen LogP contribution in [0, 0.1) is 0 Å². The van der Waals surface area contributed by atoms with Gasteiger partial charge in [-0.3, -0.25) is 0 Å². The van der Waals surface area contributed by atoms with Gasteiger partial charge < -0.3 is 20.3 Å². The van der Waals surface area contributed by atoms with Gasteiger partial charge in [0.1, 0.15) is 11.5 Å². The van der Waals surface area contributed by atoms with Crippen molar-refractivity contribution in [2.75, 3.05) is 32.8 Å². The summed E-state index contributed by atoms with van der Waals surface area (Å²) in [6.07, 6.45) is 7.52. The lowest BCUT2D eigenvalue weighted by molar-refractivity contribution is 0.0695. The van der Waals surface area contributed by atoms with Crippen molar-refractivity contribution < 1.29 is 19.4 Å². The van der Waals surface area contributed by atoms with Crippen molar-refractivity contribution in [1.82, 2.24) is 0 Å². The van der Waals surface area contributed by atoms with Crippen molar-refractivity contribution in [2.45, 2.75) is 57.8 Å². The summed E-state index contributed by atoms with van der Waals surface area (Å²) in [4.78, 5) is 17.0. The minimum atomic E-state index is -1.05. The van der Waals surface area contributed by atoms with Gasteiger partial charge in [0.25, 0.3) is 0 Å². The van der Waals surface area contributed by atoms with Crippen LogP contribution in [0.25, 0.3) is 20.9 Å². The number of carbonyl (C=O) groups is 1. The van der Waals surface area contributed by atoms with E-state index in [0.717, 1.165) is 56.9 Å². The standard InChI is InChI=1S/C21H33N7O4/c22-10-9-18-19(31-13-7-3-1-5-11-25-27-23)15-17(21(29)30)16-20(18)32-14-8-4-2-6-12-26-28-24/h15-16H,1-14,22H2,(H,29,30). The molecule has 0 heterocycles. The molecule has 11 nitrogen and oxygen atoms in total. The zero-order valence-corrected chi connectivity index (χ0v) is 18.5. The number of carboxylic acid groups (broad SMARTS) is 1. The third-order valence-corrected chi connectivity index (χ3v) is 4.76. The fourth-order valence-corrected chi connectivity index (χ4v) is 3.12. The Labute approximate surface area is 188 Å². The molecule has 32 heavy (non-hydrogen) atoms. The number of hydrogen-bond acceptors (Lipinski definition) is 6. The normalized spacial score (nSPS) is 10.2. The highest BCUT2D eigenvalue weighted by Gasteiger charge is 2.16. The van der Waals surface area contributed by atoms with E-state index in [4.69, 9.17) is 26.3 Å². The summed E-state index contributed by atoms with van der Waals surface area (Å²) in [6.45, 7) is 2.28. The summed E-state index contributed by atoms with van der Waals surface area (Å²) < 4.78 is 11.8. The Morgan fingerprint density at radius 2 is 1.34 bits per heavy atom. The largest absolute Gasteiger partial charge is 0.493 e. The van der Waals surface area contributed by atoms with Crippen molar-refractivity contribution in [1.29, 1.82) is 0 Å². The highest BCUT2D eigenvalue weighted by molar-refractivity contribution is 5.89. The molecule has 1 aromatic carbocycles. The third-order valence-electron chi connectivity index (χ3n) is 4.76. The van der Waals surface area contributed by atoms with E-state index in [9.17, 15) is 9.90 Å². The van der Waals surface area contributed by atoms with Crippen LogP contribution in [0.4, 0.5) is 0 Å². The van der Waals surface area contributed by atoms with Crippen LogP contribution in [-0.2, 0) is 6.42 Å². The number of azide groups is 2. The summed E-state index contributed by atoms with van der Waals surface area (Å²) in [7, 11) is 0. The van der Waals surface area contributed by atoms with Gasteiger partial charge in [0.15, 0.2) is 0 Å². The van der Waals surface area contributed by atoms with Crippen molar-refractivity contribution in [3.8, 4) is 11.5 Å². The van der Waals surface area contributed by atoms with Gasteiger partial charge in [0.2, 0.25) is 0 Å². The highest BCUT2D eigenvalue weighted by atomic mass is 16.5. The first-order chi connectivity index (χ1) is 15.6. The van der Waals surface area contributed by atoms with Gasteiger partial charge in [-0.05, 0) is 61.8 Å². The van der Waals surface area contributed by atoms with Crippen molar-refractivity contribution in [3.63, 3.8) is 0 Å². The van der Waals surface area contributed by atoms with Gasteiger partial charge in [0, 0.05) is 28.5 Å². The third kappa shape index (κ3) is 11.3. The quantitative estimate of drug-likeness (QED) is 0.125. The highest BCUT2D eigenvalue weighted by Crippen LogP contribution is 2.32. The molecule has 0 bridgehead atoms. The molecule has 1 rings (SSSR count). The molecule has 0 saturated carbocycles. The molecule has 0 atom stereocenters. The maximum absolute atomic E-state index is 11.6. The van der Waals surface area contributed by atoms with Gasteiger partial charge in [-0.15, -0.1) is 0 Å². The molecule has 0 aromatic heterocycles. The number of nitrogens with zero attached hydrogens (tertiary/aromatic N) is 6. The van der Waals surface area contributed by atoms with Crippen LogP contribution in [0.1, 0.15) is 67.3 Å². The Morgan fingerprint density at radius 1 is 0.875 bits per heavy atom. The predicted octanol–water partition coefficient (Wildman–Crippen LogP) is 5.39. The van der Waals surface area contributed by atoms with Crippen molar-refractivity contribution in [3.05, 3.63) is 44.1 Å². The number of rotatable bonds is 19. The van der Waals surface area contributed by atoms with E-state index in [1.807, 2.05) is 0 Å². The van der Waals surface area contributed by atoms with Gasteiger partial charge in [-0.2, -0.15) is 0 Å². The van der Waals surface area contributed by atoms with Crippen molar-refractivity contribution in [2.24, 2.45) is 16.0 Å². The number of aromatic carboxylic acids is 1. The molecule has 0 spiro atoms. The van der Waals surface area contributed by atoms with Gasteiger partial charge in [-0.25, -0.2) is 4.79 Å². The zero-order chi connectivity index (χ0) is 23.4. The number of carboxylic acids is 1. The van der Waals surface area contributed by atoms with Crippen LogP contribution >= 0.6 is 0 Å². The minimum absolute atomic E-state index is 0.111. The number of benzene rings is 1. The van der Waals surface area contributed by atoms with E-state index in [-0.39, 0.29) is 5.56 Å². The second-order valence-electron chi connectivity index (χ2n) is 7.23. The lowest BCUT2D eigenvalue weighted by Gasteiger charge is -2.17. The fraction of sp³-hybridized carbons (Fsp3) is 0.667. The molecule has 1 aromatic rings. The van der Waals surface area contributed by atoms with Crippen LogP contribution in [-0.4, -0.2) is 43.9 Å². The van der Waals surface area contributed by atoms with E-state index < -0.39 is 5.97 Å². The Balaban J connectivity index is 2.66. The monoisotopic (exact) mass is 447 g/mol. The maximum atomic E-state index is 11.6. The molecule has 176 valence electrons. The molecule has 0 radical (unpaired) electrons. The van der Waals surface area contributed by atoms with Crippen molar-refractivity contribution >= 4 is 5.97 Å². The molecular weight excluding hydrogens is 414 g/mol. The van der Waals surface area contributed by atoms with Crippen LogP contribution in [0.15, 0.2) is 22.4 Å². The Hall–Kier alpha value is -3.13. The molecular formula is C21H33N7O4. The van der Waals surface area contributed by atoms with E-state index in [1.54, 1.807) is 0 Å². The minimum Gasteiger partial charge on any atom is -0.493 e.